The van der Waals surface area contributed by atoms with Crippen LogP contribution in [0, 0.1) is 16.7 Å². The first-order valence-electron chi connectivity index (χ1n) is 5.78. The molecule has 1 N–H and O–H groups in total. The lowest BCUT2D eigenvalue weighted by atomic mass is 9.77. The van der Waals surface area contributed by atoms with Gasteiger partial charge in [0.05, 0.1) is 17.6 Å². The highest BCUT2D eigenvalue weighted by molar-refractivity contribution is 4.99. The monoisotopic (exact) mass is 195 g/mol. The van der Waals surface area contributed by atoms with E-state index in [2.05, 4.69) is 6.07 Å². The van der Waals surface area contributed by atoms with E-state index in [4.69, 9.17) is 0 Å². The molecule has 0 bridgehead atoms. The standard InChI is InChI=1S/C12H21NO/c1-11(14)6-9-12(10-13)7-4-2-3-5-8-12/h11,14H,2-9H2,1H3. The number of nitrogens with zero attached hydrogens (tertiary/aromatic N) is 1. The van der Waals surface area contributed by atoms with Crippen molar-refractivity contribution in [2.45, 2.75) is 64.4 Å². The molecule has 0 aliphatic heterocycles. The Hall–Kier alpha value is -0.550. The largest absolute Gasteiger partial charge is 0.393 e. The maximum atomic E-state index is 9.25. The Labute approximate surface area is 86.9 Å². The van der Waals surface area contributed by atoms with Crippen LogP contribution in [0.5, 0.6) is 0 Å². The molecule has 0 radical (unpaired) electrons. The smallest absolute Gasteiger partial charge is 0.0689 e. The van der Waals surface area contributed by atoms with Crippen molar-refractivity contribution in [2.24, 2.45) is 5.41 Å². The lowest BCUT2D eigenvalue weighted by Gasteiger charge is -2.25. The van der Waals surface area contributed by atoms with Crippen molar-refractivity contribution in [3.8, 4) is 6.07 Å². The zero-order valence-corrected chi connectivity index (χ0v) is 9.13. The molecule has 1 aliphatic rings. The fraction of sp³-hybridized carbons (Fsp3) is 0.917. The average Bonchev–Trinajstić information content (AvgIpc) is 2.41. The molecular formula is C12H21NO. The third-order valence-corrected chi connectivity index (χ3v) is 3.34. The van der Waals surface area contributed by atoms with Crippen molar-refractivity contribution in [3.05, 3.63) is 0 Å². The maximum Gasteiger partial charge on any atom is 0.0689 e. The van der Waals surface area contributed by atoms with Crippen LogP contribution in [-0.2, 0) is 0 Å². The third kappa shape index (κ3) is 3.31. The normalized spacial score (nSPS) is 23.5. The van der Waals surface area contributed by atoms with Crippen molar-refractivity contribution in [2.75, 3.05) is 0 Å². The molecule has 2 nitrogen and oxygen atoms in total. The summed E-state index contributed by atoms with van der Waals surface area (Å²) in [5, 5.41) is 18.5. The van der Waals surface area contributed by atoms with Crippen molar-refractivity contribution >= 4 is 0 Å². The van der Waals surface area contributed by atoms with Crippen LogP contribution in [0.25, 0.3) is 0 Å². The third-order valence-electron chi connectivity index (χ3n) is 3.34. The second kappa shape index (κ2) is 5.36. The highest BCUT2D eigenvalue weighted by Crippen LogP contribution is 2.38. The number of aliphatic hydroxyl groups is 1. The Kier molecular flexibility index (Phi) is 4.41. The quantitative estimate of drug-likeness (QED) is 0.703. The van der Waals surface area contributed by atoms with Gasteiger partial charge in [0.25, 0.3) is 0 Å². The summed E-state index contributed by atoms with van der Waals surface area (Å²) in [6, 6.07) is 2.50. The topological polar surface area (TPSA) is 44.0 Å². The minimum Gasteiger partial charge on any atom is -0.393 e. The van der Waals surface area contributed by atoms with Crippen LogP contribution in [0.15, 0.2) is 0 Å². The number of aliphatic hydroxyl groups excluding tert-OH is 1. The molecule has 0 aromatic heterocycles. The van der Waals surface area contributed by atoms with Crippen molar-refractivity contribution in [1.82, 2.24) is 0 Å². The molecule has 0 amide bonds. The molecule has 1 atom stereocenters. The lowest BCUT2D eigenvalue weighted by molar-refractivity contribution is 0.158. The van der Waals surface area contributed by atoms with Crippen molar-refractivity contribution in [3.63, 3.8) is 0 Å². The second-order valence-electron chi connectivity index (χ2n) is 4.69. The Bertz CT molecular complexity index is 197. The van der Waals surface area contributed by atoms with Crippen LogP contribution in [0.3, 0.4) is 0 Å². The van der Waals surface area contributed by atoms with E-state index in [-0.39, 0.29) is 11.5 Å². The van der Waals surface area contributed by atoms with E-state index in [9.17, 15) is 10.4 Å². The predicted octanol–water partition coefficient (Wildman–Crippen LogP) is 3.01. The van der Waals surface area contributed by atoms with Crippen LogP contribution >= 0.6 is 0 Å². The molecule has 14 heavy (non-hydrogen) atoms. The van der Waals surface area contributed by atoms with Gasteiger partial charge in [-0.2, -0.15) is 5.26 Å². The second-order valence-corrected chi connectivity index (χ2v) is 4.69. The van der Waals surface area contributed by atoms with E-state index in [1.165, 1.54) is 25.7 Å². The summed E-state index contributed by atoms with van der Waals surface area (Å²) in [6.07, 6.45) is 8.39. The first-order valence-corrected chi connectivity index (χ1v) is 5.78. The summed E-state index contributed by atoms with van der Waals surface area (Å²) in [5.74, 6) is 0. The van der Waals surface area contributed by atoms with Crippen LogP contribution in [0.2, 0.25) is 0 Å². The molecule has 0 aromatic carbocycles. The molecule has 1 aliphatic carbocycles. The zero-order chi connectivity index (χ0) is 10.4. The Morgan fingerprint density at radius 2 is 1.86 bits per heavy atom. The summed E-state index contributed by atoms with van der Waals surface area (Å²) in [4.78, 5) is 0. The van der Waals surface area contributed by atoms with Gasteiger partial charge < -0.3 is 5.11 Å². The van der Waals surface area contributed by atoms with Gasteiger partial charge in [0.15, 0.2) is 0 Å². The molecule has 2 heteroatoms. The number of rotatable bonds is 3. The summed E-state index contributed by atoms with van der Waals surface area (Å²) >= 11 is 0. The SMILES string of the molecule is CC(O)CCC1(C#N)CCCCCC1. The van der Waals surface area contributed by atoms with Crippen LogP contribution in [0.4, 0.5) is 0 Å². The van der Waals surface area contributed by atoms with Gasteiger partial charge in [-0.3, -0.25) is 0 Å². The Morgan fingerprint density at radius 1 is 1.29 bits per heavy atom. The molecular weight excluding hydrogens is 174 g/mol. The average molecular weight is 195 g/mol. The molecule has 0 saturated heterocycles. The van der Waals surface area contributed by atoms with Crippen molar-refractivity contribution in [1.29, 1.82) is 5.26 Å². The minimum absolute atomic E-state index is 0.118. The maximum absolute atomic E-state index is 9.25. The number of hydrogen-bond donors (Lipinski definition) is 1. The van der Waals surface area contributed by atoms with Gasteiger partial charge >= 0.3 is 0 Å². The number of nitriles is 1. The first kappa shape index (κ1) is 11.5. The minimum atomic E-state index is -0.261. The van der Waals surface area contributed by atoms with E-state index < -0.39 is 0 Å². The molecule has 1 rings (SSSR count). The molecule has 0 heterocycles. The van der Waals surface area contributed by atoms with Gasteiger partial charge in [-0.05, 0) is 32.6 Å². The molecule has 80 valence electrons. The van der Waals surface area contributed by atoms with E-state index >= 15 is 0 Å². The van der Waals surface area contributed by atoms with E-state index in [1.807, 2.05) is 6.92 Å². The Balaban J connectivity index is 2.50. The molecule has 1 fully saturated rings. The summed E-state index contributed by atoms with van der Waals surface area (Å²) in [7, 11) is 0. The van der Waals surface area contributed by atoms with Crippen molar-refractivity contribution < 1.29 is 5.11 Å². The van der Waals surface area contributed by atoms with Gasteiger partial charge in [0.2, 0.25) is 0 Å². The molecule has 1 saturated carbocycles. The van der Waals surface area contributed by atoms with E-state index in [0.29, 0.717) is 0 Å². The van der Waals surface area contributed by atoms with Crippen LogP contribution in [-0.4, -0.2) is 11.2 Å². The van der Waals surface area contributed by atoms with Gasteiger partial charge in [-0.15, -0.1) is 0 Å². The predicted molar refractivity (Wildman–Crippen MR) is 56.7 cm³/mol. The highest BCUT2D eigenvalue weighted by Gasteiger charge is 2.30. The molecule has 0 spiro atoms. The lowest BCUT2D eigenvalue weighted by Crippen LogP contribution is -2.19. The fourth-order valence-corrected chi connectivity index (χ4v) is 2.31. The summed E-state index contributed by atoms with van der Waals surface area (Å²) in [6.45, 7) is 1.81. The van der Waals surface area contributed by atoms with Gasteiger partial charge in [0.1, 0.15) is 0 Å². The van der Waals surface area contributed by atoms with Crippen LogP contribution in [0.1, 0.15) is 58.3 Å². The molecule has 1 unspecified atom stereocenters. The Morgan fingerprint density at radius 3 is 2.29 bits per heavy atom. The van der Waals surface area contributed by atoms with Gasteiger partial charge in [-0.25, -0.2) is 0 Å². The summed E-state index contributed by atoms with van der Waals surface area (Å²) < 4.78 is 0. The number of hydrogen-bond acceptors (Lipinski definition) is 2. The molecule has 0 aromatic rings. The van der Waals surface area contributed by atoms with Crippen LogP contribution < -0.4 is 0 Å². The van der Waals surface area contributed by atoms with Gasteiger partial charge in [-0.1, -0.05) is 25.7 Å². The highest BCUT2D eigenvalue weighted by atomic mass is 16.3. The zero-order valence-electron chi connectivity index (χ0n) is 9.13. The van der Waals surface area contributed by atoms with Gasteiger partial charge in [0, 0.05) is 0 Å². The summed E-state index contributed by atoms with van der Waals surface area (Å²) in [5.41, 5.74) is -0.118. The first-order chi connectivity index (χ1) is 6.68. The van der Waals surface area contributed by atoms with E-state index in [0.717, 1.165) is 25.7 Å². The van der Waals surface area contributed by atoms with E-state index in [1.54, 1.807) is 0 Å². The fourth-order valence-electron chi connectivity index (χ4n) is 2.31.